The molecule has 1 unspecified atom stereocenters. The van der Waals surface area contributed by atoms with Crippen molar-refractivity contribution < 1.29 is 5.11 Å². The van der Waals surface area contributed by atoms with Crippen molar-refractivity contribution in [1.29, 1.82) is 5.26 Å². The SMILES string of the molecule is C=C[C](C#N)C(O)C=C. The van der Waals surface area contributed by atoms with Gasteiger partial charge in [0.2, 0.25) is 0 Å². The Morgan fingerprint density at radius 2 is 2.22 bits per heavy atom. The van der Waals surface area contributed by atoms with Crippen molar-refractivity contribution in [3.63, 3.8) is 0 Å². The van der Waals surface area contributed by atoms with Crippen molar-refractivity contribution in [1.82, 2.24) is 0 Å². The lowest BCUT2D eigenvalue weighted by Gasteiger charge is -2.03. The van der Waals surface area contributed by atoms with E-state index < -0.39 is 6.10 Å². The van der Waals surface area contributed by atoms with Crippen LogP contribution in [0.2, 0.25) is 0 Å². The molecule has 0 saturated heterocycles. The Kier molecular flexibility index (Phi) is 3.41. The highest BCUT2D eigenvalue weighted by molar-refractivity contribution is 5.29. The summed E-state index contributed by atoms with van der Waals surface area (Å²) in [5.41, 5.74) is 0. The number of hydrogen-bond donors (Lipinski definition) is 1. The second-order valence-corrected chi connectivity index (χ2v) is 1.45. The van der Waals surface area contributed by atoms with Crippen LogP contribution in [0.4, 0.5) is 0 Å². The zero-order valence-corrected chi connectivity index (χ0v) is 5.04. The van der Waals surface area contributed by atoms with Crippen LogP contribution in [-0.2, 0) is 0 Å². The molecule has 1 radical (unpaired) electrons. The van der Waals surface area contributed by atoms with Gasteiger partial charge >= 0.3 is 0 Å². The fourth-order valence-electron chi connectivity index (χ4n) is 0.359. The molecule has 2 heteroatoms. The van der Waals surface area contributed by atoms with Gasteiger partial charge in [-0.2, -0.15) is 5.26 Å². The van der Waals surface area contributed by atoms with Gasteiger partial charge in [0.1, 0.15) is 5.92 Å². The van der Waals surface area contributed by atoms with Crippen molar-refractivity contribution >= 4 is 0 Å². The zero-order chi connectivity index (χ0) is 7.28. The minimum Gasteiger partial charge on any atom is -0.387 e. The summed E-state index contributed by atoms with van der Waals surface area (Å²) in [5, 5.41) is 17.1. The Morgan fingerprint density at radius 3 is 2.33 bits per heavy atom. The minimum atomic E-state index is -0.868. The summed E-state index contributed by atoms with van der Waals surface area (Å²) in [5.74, 6) is 0.227. The van der Waals surface area contributed by atoms with Gasteiger partial charge in [-0.05, 0) is 0 Å². The molecule has 0 aliphatic heterocycles. The predicted molar refractivity (Wildman–Crippen MR) is 35.3 cm³/mol. The Hall–Kier alpha value is -1.07. The smallest absolute Gasteiger partial charge is 0.129 e. The molecule has 0 rings (SSSR count). The summed E-state index contributed by atoms with van der Waals surface area (Å²) in [6, 6.07) is 1.78. The fourth-order valence-corrected chi connectivity index (χ4v) is 0.359. The second kappa shape index (κ2) is 3.88. The standard InChI is InChI=1S/C7H8NO/c1-3-6(5-8)7(9)4-2/h3-4,7,9H,1-2H2. The average Bonchev–Trinajstić information content (AvgIpc) is 1.90. The molecule has 0 aromatic rings. The number of aliphatic hydroxyl groups is 1. The van der Waals surface area contributed by atoms with Gasteiger partial charge in [0, 0.05) is 0 Å². The fraction of sp³-hybridized carbons (Fsp3) is 0.143. The van der Waals surface area contributed by atoms with E-state index in [0.717, 1.165) is 0 Å². The molecule has 47 valence electrons. The molecule has 0 saturated carbocycles. The molecule has 0 aromatic heterocycles. The van der Waals surface area contributed by atoms with E-state index in [-0.39, 0.29) is 5.92 Å². The summed E-state index contributed by atoms with van der Waals surface area (Å²) in [6.45, 7) is 6.64. The van der Waals surface area contributed by atoms with E-state index in [1.165, 1.54) is 12.2 Å². The zero-order valence-electron chi connectivity index (χ0n) is 5.04. The molecular formula is C7H8NO. The second-order valence-electron chi connectivity index (χ2n) is 1.45. The van der Waals surface area contributed by atoms with Gasteiger partial charge in [-0.15, -0.1) is 13.2 Å². The lowest BCUT2D eigenvalue weighted by Crippen LogP contribution is -2.10. The average molecular weight is 122 g/mol. The molecule has 0 aromatic carbocycles. The molecule has 0 fully saturated rings. The Labute approximate surface area is 54.7 Å². The lowest BCUT2D eigenvalue weighted by molar-refractivity contribution is 0.250. The molecule has 1 atom stereocenters. The summed E-state index contributed by atoms with van der Waals surface area (Å²) in [6.07, 6.45) is 1.72. The molecule has 0 bridgehead atoms. The largest absolute Gasteiger partial charge is 0.387 e. The highest BCUT2D eigenvalue weighted by atomic mass is 16.3. The van der Waals surface area contributed by atoms with E-state index >= 15 is 0 Å². The maximum atomic E-state index is 8.87. The summed E-state index contributed by atoms with van der Waals surface area (Å²) in [7, 11) is 0. The van der Waals surface area contributed by atoms with E-state index in [0.29, 0.717) is 0 Å². The van der Waals surface area contributed by atoms with Crippen LogP contribution in [0.1, 0.15) is 0 Å². The highest BCUT2D eigenvalue weighted by Crippen LogP contribution is 2.05. The van der Waals surface area contributed by atoms with Crippen LogP contribution in [0.25, 0.3) is 0 Å². The number of nitrogens with zero attached hydrogens (tertiary/aromatic N) is 1. The number of rotatable bonds is 3. The van der Waals surface area contributed by atoms with E-state index in [9.17, 15) is 0 Å². The van der Waals surface area contributed by atoms with Crippen LogP contribution < -0.4 is 0 Å². The molecule has 0 heterocycles. The summed E-state index contributed by atoms with van der Waals surface area (Å²) >= 11 is 0. The van der Waals surface area contributed by atoms with Crippen molar-refractivity contribution in [3.8, 4) is 6.07 Å². The van der Waals surface area contributed by atoms with E-state index in [1.54, 1.807) is 6.07 Å². The third kappa shape index (κ3) is 2.11. The van der Waals surface area contributed by atoms with Crippen molar-refractivity contribution in [2.75, 3.05) is 0 Å². The Bertz CT molecular complexity index is 145. The predicted octanol–water partition coefficient (Wildman–Crippen LogP) is 0.817. The van der Waals surface area contributed by atoms with Gasteiger partial charge in [0.15, 0.2) is 0 Å². The van der Waals surface area contributed by atoms with E-state index in [1.807, 2.05) is 0 Å². The summed E-state index contributed by atoms with van der Waals surface area (Å²) < 4.78 is 0. The molecular weight excluding hydrogens is 114 g/mol. The molecule has 2 nitrogen and oxygen atoms in total. The van der Waals surface area contributed by atoms with Crippen LogP contribution in [0, 0.1) is 17.2 Å². The van der Waals surface area contributed by atoms with Crippen LogP contribution in [0.3, 0.4) is 0 Å². The number of aliphatic hydroxyl groups excluding tert-OH is 1. The maximum Gasteiger partial charge on any atom is 0.129 e. The normalized spacial score (nSPS) is 12.1. The minimum absolute atomic E-state index is 0.227. The van der Waals surface area contributed by atoms with Gasteiger partial charge in [-0.3, -0.25) is 0 Å². The Morgan fingerprint density at radius 1 is 1.67 bits per heavy atom. The molecule has 0 aliphatic rings. The van der Waals surface area contributed by atoms with Crippen LogP contribution in [0.15, 0.2) is 25.3 Å². The topological polar surface area (TPSA) is 44.0 Å². The van der Waals surface area contributed by atoms with Gasteiger partial charge in [0.25, 0.3) is 0 Å². The van der Waals surface area contributed by atoms with Crippen molar-refractivity contribution in [2.45, 2.75) is 6.10 Å². The van der Waals surface area contributed by atoms with Gasteiger partial charge in [-0.1, -0.05) is 12.2 Å². The Balaban J connectivity index is 3.97. The quantitative estimate of drug-likeness (QED) is 0.563. The molecule has 0 aliphatic carbocycles. The third-order valence-electron chi connectivity index (χ3n) is 0.891. The van der Waals surface area contributed by atoms with Gasteiger partial charge in [-0.25, -0.2) is 0 Å². The van der Waals surface area contributed by atoms with Crippen molar-refractivity contribution in [3.05, 3.63) is 31.2 Å². The van der Waals surface area contributed by atoms with Crippen LogP contribution >= 0.6 is 0 Å². The summed E-state index contributed by atoms with van der Waals surface area (Å²) in [4.78, 5) is 0. The number of hydrogen-bond acceptors (Lipinski definition) is 2. The first-order valence-electron chi connectivity index (χ1n) is 2.46. The third-order valence-corrected chi connectivity index (χ3v) is 0.891. The van der Waals surface area contributed by atoms with E-state index in [4.69, 9.17) is 10.4 Å². The van der Waals surface area contributed by atoms with Crippen LogP contribution in [0.5, 0.6) is 0 Å². The number of nitriles is 1. The van der Waals surface area contributed by atoms with Gasteiger partial charge in [0.05, 0.1) is 12.2 Å². The molecule has 1 N–H and O–H groups in total. The first-order chi connectivity index (χ1) is 4.26. The highest BCUT2D eigenvalue weighted by Gasteiger charge is 2.10. The molecule has 0 amide bonds. The maximum absolute atomic E-state index is 8.87. The first kappa shape index (κ1) is 7.93. The molecule has 0 spiro atoms. The lowest BCUT2D eigenvalue weighted by atomic mass is 10.1. The van der Waals surface area contributed by atoms with Crippen molar-refractivity contribution in [2.24, 2.45) is 0 Å². The molecule has 9 heavy (non-hydrogen) atoms. The van der Waals surface area contributed by atoms with Gasteiger partial charge < -0.3 is 5.11 Å². The first-order valence-corrected chi connectivity index (χ1v) is 2.46. The monoisotopic (exact) mass is 122 g/mol. The van der Waals surface area contributed by atoms with E-state index in [2.05, 4.69) is 13.2 Å². The van der Waals surface area contributed by atoms with Crippen LogP contribution in [-0.4, -0.2) is 11.2 Å².